The van der Waals surface area contributed by atoms with Gasteiger partial charge in [-0.15, -0.1) is 0 Å². The minimum atomic E-state index is -2.85. The van der Waals surface area contributed by atoms with E-state index in [1.165, 1.54) is 0 Å². The van der Waals surface area contributed by atoms with E-state index in [0.29, 0.717) is 0 Å². The molecule has 0 aliphatic carbocycles. The summed E-state index contributed by atoms with van der Waals surface area (Å²) in [6, 6.07) is 0. The summed E-state index contributed by atoms with van der Waals surface area (Å²) >= 11 is 0. The van der Waals surface area contributed by atoms with E-state index in [1.54, 1.807) is 0 Å². The topological polar surface area (TPSA) is 69.2 Å². The molecule has 0 aromatic rings. The molecule has 28 valence electrons. The van der Waals surface area contributed by atoms with Gasteiger partial charge >= 0.3 is 80.9 Å². The van der Waals surface area contributed by atoms with Gasteiger partial charge in [0.25, 0.3) is 0 Å². The molecule has 0 radical (unpaired) electrons. The molecule has 3 nitrogen and oxygen atoms in total. The molecule has 0 unspecified atom stereocenters. The van der Waals surface area contributed by atoms with E-state index in [0.717, 1.165) is 0 Å². The Labute approximate surface area is 105 Å². The normalized spacial score (nSPS) is 6.00. The molecule has 0 fully saturated rings. The first-order chi connectivity index (χ1) is 1.73. The quantitative estimate of drug-likeness (QED) is 0.319. The fourth-order valence-electron chi connectivity index (χ4n) is 0. The first-order valence-electron chi connectivity index (χ1n) is 0.463. The van der Waals surface area contributed by atoms with Crippen molar-refractivity contribution in [2.75, 3.05) is 0 Å². The second-order valence-corrected chi connectivity index (χ2v) is 0.567. The molecule has 0 amide bonds. The van der Waals surface area contributed by atoms with Crippen molar-refractivity contribution < 1.29 is 107 Å². The van der Waals surface area contributed by atoms with Crippen LogP contribution in [0.1, 0.15) is 1.43 Å². The molecule has 0 N–H and O–H groups in total. The summed E-state index contributed by atoms with van der Waals surface area (Å²) in [7, 11) is -2.85. The van der Waals surface area contributed by atoms with E-state index in [2.05, 4.69) is 0 Å². The summed E-state index contributed by atoms with van der Waals surface area (Å²) in [5, 5.41) is 0. The predicted octanol–water partition coefficient (Wildman–Crippen LogP) is -9.45. The summed E-state index contributed by atoms with van der Waals surface area (Å²) in [5.41, 5.74) is 0. The van der Waals surface area contributed by atoms with Crippen LogP contribution in [0.25, 0.3) is 0 Å². The molecule has 0 heterocycles. The van der Waals surface area contributed by atoms with Gasteiger partial charge in [-0.05, 0) is 0 Å². The van der Waals surface area contributed by atoms with Crippen molar-refractivity contribution in [3.63, 3.8) is 0 Å². The second-order valence-electron chi connectivity index (χ2n) is 0.189. The van der Waals surface area contributed by atoms with Gasteiger partial charge in [-0.25, -0.2) is 0 Å². The number of rotatable bonds is 0. The van der Waals surface area contributed by atoms with Gasteiger partial charge in [-0.3, -0.25) is 0 Å². The standard InChI is InChI=1S/ClO3.K.Na.H/c2-1(3)4;;;/q-1;2*+1;-1. The van der Waals surface area contributed by atoms with Crippen LogP contribution in [0.4, 0.5) is 0 Å². The third kappa shape index (κ3) is 29.1. The van der Waals surface area contributed by atoms with Gasteiger partial charge in [0.1, 0.15) is 0 Å². The predicted molar refractivity (Wildman–Crippen MR) is 1.11 cm³/mol. The zero-order valence-corrected chi connectivity index (χ0v) is 9.48. The molecule has 0 rings (SSSR count). The van der Waals surface area contributed by atoms with Crippen molar-refractivity contribution in [1.29, 1.82) is 0 Å². The molecule has 0 saturated carbocycles. The molecule has 6 heteroatoms. The zero-order chi connectivity index (χ0) is 3.58. The average Bonchev–Trinajstić information content (AvgIpc) is 0.811. The third-order valence-electron chi connectivity index (χ3n) is 0. The van der Waals surface area contributed by atoms with E-state index in [4.69, 9.17) is 14.0 Å². The molecule has 0 aliphatic rings. The van der Waals surface area contributed by atoms with Crippen LogP contribution in [-0.2, 0) is 0 Å². The van der Waals surface area contributed by atoms with Crippen LogP contribution < -0.4 is 94.9 Å². The van der Waals surface area contributed by atoms with Crippen LogP contribution >= 0.6 is 0 Å². The SMILES string of the molecule is [H-].[K+].[Na+].[O-][Cl+2]([O-])[O-]. The summed E-state index contributed by atoms with van der Waals surface area (Å²) < 4.78 is 25.2. The van der Waals surface area contributed by atoms with E-state index < -0.39 is 10.8 Å². The largest absolute Gasteiger partial charge is 1.00 e. The number of hydrogen-bond donors (Lipinski definition) is 0. The molecular weight excluding hydrogens is 146 g/mol. The Morgan fingerprint density at radius 1 is 1.17 bits per heavy atom. The third-order valence-corrected chi connectivity index (χ3v) is 0. The molecular formula is HClKNaO3. The maximum atomic E-state index is 8.41. The van der Waals surface area contributed by atoms with Crippen molar-refractivity contribution in [2.45, 2.75) is 0 Å². The van der Waals surface area contributed by atoms with Gasteiger partial charge in [0, 0.05) is 0 Å². The molecule has 6 heavy (non-hydrogen) atoms. The second kappa shape index (κ2) is 10.7. The van der Waals surface area contributed by atoms with E-state index in [-0.39, 0.29) is 82.4 Å². The molecule has 0 saturated heterocycles. The van der Waals surface area contributed by atoms with Gasteiger partial charge < -0.3 is 15.4 Å². The van der Waals surface area contributed by atoms with Crippen molar-refractivity contribution in [3.8, 4) is 0 Å². The van der Waals surface area contributed by atoms with Crippen LogP contribution in [0, 0.1) is 10.8 Å². The summed E-state index contributed by atoms with van der Waals surface area (Å²) in [4.78, 5) is 0. The minimum absolute atomic E-state index is 0. The van der Waals surface area contributed by atoms with Crippen LogP contribution in [0.3, 0.4) is 0 Å². The first-order valence-corrected chi connectivity index (χ1v) is 1.39. The van der Waals surface area contributed by atoms with E-state index >= 15 is 0 Å². The van der Waals surface area contributed by atoms with Crippen molar-refractivity contribution in [3.05, 3.63) is 0 Å². The molecule has 0 atom stereocenters. The summed E-state index contributed by atoms with van der Waals surface area (Å²) in [6.45, 7) is 0. The Balaban J connectivity index is -0.0000000150. The Bertz CT molecular complexity index is 19.7. The maximum Gasteiger partial charge on any atom is 1.00 e. The Hall–Kier alpha value is 2.81. The summed E-state index contributed by atoms with van der Waals surface area (Å²) in [6.07, 6.45) is 0. The smallest absolute Gasteiger partial charge is 1.00 e. The molecule has 0 aliphatic heterocycles. The van der Waals surface area contributed by atoms with Crippen LogP contribution in [-0.4, -0.2) is 0 Å². The van der Waals surface area contributed by atoms with Crippen molar-refractivity contribution in [1.82, 2.24) is 0 Å². The molecule has 0 spiro atoms. The van der Waals surface area contributed by atoms with Gasteiger partial charge in [0.05, 0.1) is 10.8 Å². The monoisotopic (exact) mass is 146 g/mol. The van der Waals surface area contributed by atoms with Gasteiger partial charge in [-0.1, -0.05) is 0 Å². The van der Waals surface area contributed by atoms with Gasteiger partial charge in [0.2, 0.25) is 0 Å². The first kappa shape index (κ1) is 15.9. The number of hydrogen-bond acceptors (Lipinski definition) is 3. The number of halogens is 1. The maximum absolute atomic E-state index is 8.41. The minimum Gasteiger partial charge on any atom is -1.00 e. The molecule has 0 aromatic heterocycles. The van der Waals surface area contributed by atoms with Crippen molar-refractivity contribution in [2.24, 2.45) is 0 Å². The van der Waals surface area contributed by atoms with Crippen molar-refractivity contribution >= 4 is 0 Å². The van der Waals surface area contributed by atoms with E-state index in [9.17, 15) is 0 Å². The van der Waals surface area contributed by atoms with Crippen LogP contribution in [0.15, 0.2) is 0 Å². The fourth-order valence-corrected chi connectivity index (χ4v) is 0. The Kier molecular flexibility index (Phi) is 28.5. The molecule has 0 aromatic carbocycles. The van der Waals surface area contributed by atoms with Crippen LogP contribution in [0.5, 0.6) is 0 Å². The zero-order valence-electron chi connectivity index (χ0n) is 4.60. The average molecular weight is 147 g/mol. The Morgan fingerprint density at radius 2 is 1.17 bits per heavy atom. The van der Waals surface area contributed by atoms with Crippen LogP contribution in [0.2, 0.25) is 0 Å². The Morgan fingerprint density at radius 3 is 1.17 bits per heavy atom. The van der Waals surface area contributed by atoms with E-state index in [1.807, 2.05) is 0 Å². The van der Waals surface area contributed by atoms with Gasteiger partial charge in [0.15, 0.2) is 0 Å². The van der Waals surface area contributed by atoms with Gasteiger partial charge in [-0.2, -0.15) is 0 Å². The molecule has 0 bridgehead atoms. The summed E-state index contributed by atoms with van der Waals surface area (Å²) in [5.74, 6) is 0. The fraction of sp³-hybridized carbons (Fsp3) is 0.